The maximum absolute atomic E-state index is 10.7. The van der Waals surface area contributed by atoms with Crippen LogP contribution in [-0.4, -0.2) is 39.2 Å². The first-order valence-corrected chi connectivity index (χ1v) is 5.17. The second-order valence-electron chi connectivity index (χ2n) is 3.81. The van der Waals surface area contributed by atoms with Gasteiger partial charge in [-0.05, 0) is 12.3 Å². The third kappa shape index (κ3) is 2.56. The molecule has 0 bridgehead atoms. The van der Waals surface area contributed by atoms with E-state index in [0.717, 1.165) is 12.0 Å². The molecule has 1 aromatic heterocycles. The van der Waals surface area contributed by atoms with E-state index in [9.17, 15) is 4.79 Å². The summed E-state index contributed by atoms with van der Waals surface area (Å²) in [6, 6.07) is 0. The fourth-order valence-corrected chi connectivity index (χ4v) is 1.76. The van der Waals surface area contributed by atoms with Gasteiger partial charge in [0.25, 0.3) is 0 Å². The monoisotopic (exact) mass is 219 g/mol. The number of amides is 1. The Bertz CT molecular complexity index is 391. The number of aromatic nitrogens is 2. The maximum atomic E-state index is 10.7. The van der Waals surface area contributed by atoms with Crippen LogP contribution in [0.5, 0.6) is 0 Å². The molecule has 1 aliphatic rings. The normalized spacial score (nSPS) is 20.5. The van der Waals surface area contributed by atoms with E-state index < -0.39 is 6.09 Å². The molecule has 84 valence electrons. The predicted molar refractivity (Wildman–Crippen MR) is 58.8 cm³/mol. The number of hydrogen-bond acceptors (Lipinski definition) is 3. The van der Waals surface area contributed by atoms with Crippen molar-refractivity contribution in [3.05, 3.63) is 30.4 Å². The Balaban J connectivity index is 1.92. The summed E-state index contributed by atoms with van der Waals surface area (Å²) in [4.78, 5) is 20.0. The zero-order chi connectivity index (χ0) is 11.4. The van der Waals surface area contributed by atoms with Gasteiger partial charge >= 0.3 is 6.09 Å². The van der Waals surface area contributed by atoms with Gasteiger partial charge in [-0.15, -0.1) is 0 Å². The van der Waals surface area contributed by atoms with Gasteiger partial charge in [0.05, 0.1) is 0 Å². The van der Waals surface area contributed by atoms with Crippen LogP contribution >= 0.6 is 0 Å². The molecule has 0 radical (unpaired) electrons. The highest BCUT2D eigenvalue weighted by Gasteiger charge is 2.23. The summed E-state index contributed by atoms with van der Waals surface area (Å²) < 4.78 is 0. The predicted octanol–water partition coefficient (Wildman–Crippen LogP) is 1.49. The summed E-state index contributed by atoms with van der Waals surface area (Å²) in [6.45, 7) is 1.20. The molecule has 1 aromatic rings. The molecule has 1 unspecified atom stereocenters. The third-order valence-electron chi connectivity index (χ3n) is 2.64. The Morgan fingerprint density at radius 3 is 2.88 bits per heavy atom. The molecule has 1 aliphatic heterocycles. The molecular formula is C11H13N3O2. The highest BCUT2D eigenvalue weighted by molar-refractivity contribution is 5.65. The molecule has 2 heterocycles. The molecule has 0 spiro atoms. The van der Waals surface area contributed by atoms with Crippen molar-refractivity contribution in [1.29, 1.82) is 0 Å². The van der Waals surface area contributed by atoms with E-state index in [4.69, 9.17) is 5.11 Å². The second-order valence-corrected chi connectivity index (χ2v) is 3.81. The molecule has 16 heavy (non-hydrogen) atoms. The number of rotatable bonds is 2. The lowest BCUT2D eigenvalue weighted by atomic mass is 10.1. The highest BCUT2D eigenvalue weighted by Crippen LogP contribution is 2.18. The first kappa shape index (κ1) is 10.6. The molecule has 2 rings (SSSR count). The van der Waals surface area contributed by atoms with Crippen LogP contribution < -0.4 is 0 Å². The number of hydrogen-bond donors (Lipinski definition) is 1. The Labute approximate surface area is 93.4 Å². The van der Waals surface area contributed by atoms with Gasteiger partial charge in [-0.25, -0.2) is 14.8 Å². The molecule has 5 heteroatoms. The summed E-state index contributed by atoms with van der Waals surface area (Å²) in [7, 11) is 0. The lowest BCUT2D eigenvalue weighted by Gasteiger charge is -2.09. The van der Waals surface area contributed by atoms with E-state index in [2.05, 4.69) is 9.97 Å². The standard InChI is InChI=1S/C11H13N3O2/c15-11(16)14-4-3-9(7-14)1-2-10-5-12-8-13-6-10/h1-2,5-6,8-9H,3-4,7H2,(H,15,16)/b2-1+. The zero-order valence-corrected chi connectivity index (χ0v) is 8.78. The summed E-state index contributed by atoms with van der Waals surface area (Å²) in [6.07, 6.45) is 8.97. The van der Waals surface area contributed by atoms with E-state index in [1.54, 1.807) is 12.4 Å². The van der Waals surface area contributed by atoms with E-state index in [-0.39, 0.29) is 0 Å². The molecule has 5 nitrogen and oxygen atoms in total. The van der Waals surface area contributed by atoms with E-state index >= 15 is 0 Å². The van der Waals surface area contributed by atoms with Crippen LogP contribution in [0.4, 0.5) is 4.79 Å². The van der Waals surface area contributed by atoms with Crippen LogP contribution in [0.2, 0.25) is 0 Å². The van der Waals surface area contributed by atoms with Gasteiger partial charge in [0.1, 0.15) is 6.33 Å². The van der Waals surface area contributed by atoms with Crippen LogP contribution in [-0.2, 0) is 0 Å². The maximum Gasteiger partial charge on any atom is 0.407 e. The Hall–Kier alpha value is -1.91. The average molecular weight is 219 g/mol. The molecule has 1 amide bonds. The lowest BCUT2D eigenvalue weighted by Crippen LogP contribution is -2.26. The zero-order valence-electron chi connectivity index (χ0n) is 8.78. The Kier molecular flexibility index (Phi) is 3.14. The number of carbonyl (C=O) groups is 1. The Morgan fingerprint density at radius 1 is 1.50 bits per heavy atom. The fraction of sp³-hybridized carbons (Fsp3) is 0.364. The van der Waals surface area contributed by atoms with Crippen LogP contribution in [0.25, 0.3) is 6.08 Å². The summed E-state index contributed by atoms with van der Waals surface area (Å²) in [5, 5.41) is 8.80. The quantitative estimate of drug-likeness (QED) is 0.818. The van der Waals surface area contributed by atoms with Crippen LogP contribution in [0.1, 0.15) is 12.0 Å². The summed E-state index contributed by atoms with van der Waals surface area (Å²) in [5.41, 5.74) is 0.941. The molecular weight excluding hydrogens is 206 g/mol. The van der Waals surface area contributed by atoms with Gasteiger partial charge in [0.15, 0.2) is 0 Å². The van der Waals surface area contributed by atoms with Gasteiger partial charge in [-0.1, -0.05) is 12.2 Å². The topological polar surface area (TPSA) is 66.3 Å². The molecule has 1 atom stereocenters. The SMILES string of the molecule is O=C(O)N1CCC(/C=C/c2cncnc2)C1. The molecule has 1 saturated heterocycles. The summed E-state index contributed by atoms with van der Waals surface area (Å²) >= 11 is 0. The lowest BCUT2D eigenvalue weighted by molar-refractivity contribution is 0.155. The fourth-order valence-electron chi connectivity index (χ4n) is 1.76. The number of nitrogens with zero attached hydrogens (tertiary/aromatic N) is 3. The van der Waals surface area contributed by atoms with Crippen molar-refractivity contribution < 1.29 is 9.90 Å². The first-order valence-electron chi connectivity index (χ1n) is 5.17. The van der Waals surface area contributed by atoms with E-state index in [1.165, 1.54) is 11.2 Å². The molecule has 1 fully saturated rings. The third-order valence-corrected chi connectivity index (χ3v) is 2.64. The van der Waals surface area contributed by atoms with Crippen molar-refractivity contribution in [2.75, 3.05) is 13.1 Å². The highest BCUT2D eigenvalue weighted by atomic mass is 16.4. The van der Waals surface area contributed by atoms with Crippen molar-refractivity contribution >= 4 is 12.2 Å². The van der Waals surface area contributed by atoms with Gasteiger partial charge in [0.2, 0.25) is 0 Å². The van der Waals surface area contributed by atoms with Crippen LogP contribution in [0, 0.1) is 5.92 Å². The van der Waals surface area contributed by atoms with E-state index in [1.807, 2.05) is 12.2 Å². The van der Waals surface area contributed by atoms with Gasteiger partial charge in [0, 0.05) is 31.0 Å². The van der Waals surface area contributed by atoms with Crippen LogP contribution in [0.3, 0.4) is 0 Å². The average Bonchev–Trinajstić information content (AvgIpc) is 2.76. The van der Waals surface area contributed by atoms with E-state index in [0.29, 0.717) is 19.0 Å². The minimum Gasteiger partial charge on any atom is -0.465 e. The largest absolute Gasteiger partial charge is 0.465 e. The molecule has 0 aliphatic carbocycles. The molecule has 1 N–H and O–H groups in total. The second kappa shape index (κ2) is 4.74. The van der Waals surface area contributed by atoms with Crippen molar-refractivity contribution in [2.24, 2.45) is 5.92 Å². The minimum absolute atomic E-state index is 0.302. The molecule has 0 aromatic carbocycles. The van der Waals surface area contributed by atoms with Gasteiger partial charge < -0.3 is 10.0 Å². The van der Waals surface area contributed by atoms with Crippen molar-refractivity contribution in [3.63, 3.8) is 0 Å². The van der Waals surface area contributed by atoms with Crippen molar-refractivity contribution in [1.82, 2.24) is 14.9 Å². The minimum atomic E-state index is -0.834. The molecule has 0 saturated carbocycles. The van der Waals surface area contributed by atoms with Crippen molar-refractivity contribution in [2.45, 2.75) is 6.42 Å². The number of likely N-dealkylation sites (tertiary alicyclic amines) is 1. The number of carboxylic acid groups (broad SMARTS) is 1. The smallest absolute Gasteiger partial charge is 0.407 e. The first-order chi connectivity index (χ1) is 7.75. The van der Waals surface area contributed by atoms with Gasteiger partial charge in [-0.2, -0.15) is 0 Å². The summed E-state index contributed by atoms with van der Waals surface area (Å²) in [5.74, 6) is 0.302. The van der Waals surface area contributed by atoms with Gasteiger partial charge in [-0.3, -0.25) is 0 Å². The van der Waals surface area contributed by atoms with Crippen molar-refractivity contribution in [3.8, 4) is 0 Å². The Morgan fingerprint density at radius 2 is 2.25 bits per heavy atom. The van der Waals surface area contributed by atoms with Crippen LogP contribution in [0.15, 0.2) is 24.8 Å².